The maximum Gasteiger partial charge on any atom is 0.573 e. The van der Waals surface area contributed by atoms with Crippen molar-refractivity contribution >= 4 is 0 Å². The lowest BCUT2D eigenvalue weighted by Crippen LogP contribution is -2.23. The first-order valence-electron chi connectivity index (χ1n) is 12.4. The van der Waals surface area contributed by atoms with Crippen molar-refractivity contribution in [3.05, 3.63) is 29.3 Å². The van der Waals surface area contributed by atoms with E-state index in [0.717, 1.165) is 49.7 Å². The molecule has 1 nitrogen and oxygen atoms in total. The Kier molecular flexibility index (Phi) is 8.85. The fraction of sp³-hybridized carbons (Fsp3) is 0.769. The summed E-state index contributed by atoms with van der Waals surface area (Å²) >= 11 is 0. The minimum absolute atomic E-state index is 0.0144. The molecular formula is C26H37F5O. The number of ether oxygens (including phenoxy) is 1. The summed E-state index contributed by atoms with van der Waals surface area (Å²) < 4.78 is 68.7. The number of rotatable bonds is 8. The van der Waals surface area contributed by atoms with Crippen LogP contribution in [0.25, 0.3) is 0 Å². The third kappa shape index (κ3) is 7.08. The van der Waals surface area contributed by atoms with Crippen LogP contribution in [0.3, 0.4) is 0 Å². The molecule has 182 valence electrons. The Morgan fingerprint density at radius 3 is 2.00 bits per heavy atom. The van der Waals surface area contributed by atoms with Gasteiger partial charge in [0, 0.05) is 0 Å². The van der Waals surface area contributed by atoms with Gasteiger partial charge in [0.15, 0.2) is 11.6 Å². The van der Waals surface area contributed by atoms with Gasteiger partial charge in [-0.1, -0.05) is 46.0 Å². The van der Waals surface area contributed by atoms with Gasteiger partial charge in [-0.15, -0.1) is 13.2 Å². The molecule has 3 rings (SSSR count). The van der Waals surface area contributed by atoms with E-state index in [0.29, 0.717) is 17.4 Å². The number of halogens is 5. The molecule has 0 spiro atoms. The normalized spacial score (nSPS) is 27.8. The van der Waals surface area contributed by atoms with E-state index in [4.69, 9.17) is 0 Å². The van der Waals surface area contributed by atoms with Gasteiger partial charge < -0.3 is 4.74 Å². The van der Waals surface area contributed by atoms with Gasteiger partial charge in [-0.25, -0.2) is 8.78 Å². The van der Waals surface area contributed by atoms with Crippen molar-refractivity contribution in [2.24, 2.45) is 23.7 Å². The van der Waals surface area contributed by atoms with Crippen LogP contribution < -0.4 is 4.74 Å². The zero-order valence-electron chi connectivity index (χ0n) is 19.3. The van der Waals surface area contributed by atoms with Crippen LogP contribution in [-0.4, -0.2) is 6.36 Å². The van der Waals surface area contributed by atoms with E-state index in [-0.39, 0.29) is 5.92 Å². The molecule has 1 aromatic rings. The second-order valence-electron chi connectivity index (χ2n) is 10.2. The van der Waals surface area contributed by atoms with Crippen LogP contribution in [0.1, 0.15) is 102 Å². The lowest BCUT2D eigenvalue weighted by atomic mass is 9.70. The number of unbranched alkanes of at least 4 members (excludes halogenated alkanes) is 1. The molecule has 0 saturated heterocycles. The highest BCUT2D eigenvalue weighted by atomic mass is 19.4. The zero-order valence-corrected chi connectivity index (χ0v) is 19.3. The van der Waals surface area contributed by atoms with Crippen LogP contribution >= 0.6 is 0 Å². The molecule has 32 heavy (non-hydrogen) atoms. The Morgan fingerprint density at radius 2 is 1.47 bits per heavy atom. The summed E-state index contributed by atoms with van der Waals surface area (Å²) in [7, 11) is 0. The molecule has 0 heterocycles. The summed E-state index contributed by atoms with van der Waals surface area (Å²) in [4.78, 5) is 0. The lowest BCUT2D eigenvalue weighted by Gasteiger charge is -2.36. The highest BCUT2D eigenvalue weighted by Gasteiger charge is 2.35. The Balaban J connectivity index is 1.47. The maximum atomic E-state index is 14.1. The van der Waals surface area contributed by atoms with E-state index in [1.54, 1.807) is 0 Å². The molecular weight excluding hydrogens is 423 g/mol. The van der Waals surface area contributed by atoms with E-state index in [1.807, 2.05) is 0 Å². The molecule has 0 aliphatic heterocycles. The van der Waals surface area contributed by atoms with Crippen molar-refractivity contribution in [3.63, 3.8) is 0 Å². The number of alkyl halides is 3. The Bertz CT molecular complexity index is 692. The van der Waals surface area contributed by atoms with E-state index in [9.17, 15) is 22.0 Å². The highest BCUT2D eigenvalue weighted by molar-refractivity contribution is 5.33. The van der Waals surface area contributed by atoms with E-state index in [1.165, 1.54) is 51.4 Å². The van der Waals surface area contributed by atoms with Crippen LogP contribution in [0.4, 0.5) is 22.0 Å². The second kappa shape index (κ2) is 11.2. The van der Waals surface area contributed by atoms with Crippen molar-refractivity contribution < 1.29 is 26.7 Å². The molecule has 0 bridgehead atoms. The number of hydrogen-bond donors (Lipinski definition) is 0. The van der Waals surface area contributed by atoms with Gasteiger partial charge in [0.25, 0.3) is 0 Å². The smallest absolute Gasteiger partial charge is 0.399 e. The van der Waals surface area contributed by atoms with Crippen molar-refractivity contribution in [1.82, 2.24) is 0 Å². The summed E-state index contributed by atoms with van der Waals surface area (Å²) in [6.07, 6.45) is 9.17. The third-order valence-corrected chi connectivity index (χ3v) is 7.92. The van der Waals surface area contributed by atoms with Crippen molar-refractivity contribution in [2.45, 2.75) is 103 Å². The Morgan fingerprint density at radius 1 is 0.906 bits per heavy atom. The molecule has 1 unspecified atom stereocenters. The van der Waals surface area contributed by atoms with E-state index in [2.05, 4.69) is 18.6 Å². The molecule has 0 N–H and O–H groups in total. The molecule has 2 aliphatic carbocycles. The molecule has 0 amide bonds. The fourth-order valence-corrected chi connectivity index (χ4v) is 6.02. The summed E-state index contributed by atoms with van der Waals surface area (Å²) in [5, 5.41) is 0. The predicted molar refractivity (Wildman–Crippen MR) is 116 cm³/mol. The minimum Gasteiger partial charge on any atom is -0.399 e. The van der Waals surface area contributed by atoms with Gasteiger partial charge >= 0.3 is 6.36 Å². The van der Waals surface area contributed by atoms with Crippen molar-refractivity contribution in [1.29, 1.82) is 0 Å². The minimum atomic E-state index is -5.12. The Labute approximate surface area is 189 Å². The standard InChI is InChI=1S/C26H37F5O/c1-3-4-5-18-6-10-20(11-7-18)17(2)14-19-8-12-21(13-9-19)22-15-23(27)25(24(28)16-22)32-26(29,30)31/h15-21H,3-14H2,1-2H3. The SMILES string of the molecule is CCCCC1CCC(C(C)CC2CCC(c3cc(F)c(OC(F)(F)F)c(F)c3)CC2)CC1. The Hall–Kier alpha value is -1.33. The average Bonchev–Trinajstić information content (AvgIpc) is 2.75. The predicted octanol–water partition coefficient (Wildman–Crippen LogP) is 9.16. The van der Waals surface area contributed by atoms with Crippen LogP contribution in [0.2, 0.25) is 0 Å². The first-order chi connectivity index (χ1) is 15.2. The molecule has 1 atom stereocenters. The molecule has 1 aromatic carbocycles. The molecule has 2 aliphatic rings. The molecule has 2 fully saturated rings. The summed E-state index contributed by atoms with van der Waals surface area (Å²) in [5.41, 5.74) is 0.437. The third-order valence-electron chi connectivity index (χ3n) is 7.92. The lowest BCUT2D eigenvalue weighted by molar-refractivity contribution is -0.276. The molecule has 0 aromatic heterocycles. The fourth-order valence-electron chi connectivity index (χ4n) is 6.02. The van der Waals surface area contributed by atoms with Gasteiger partial charge in [0.05, 0.1) is 0 Å². The second-order valence-corrected chi connectivity index (χ2v) is 10.2. The van der Waals surface area contributed by atoms with E-state index >= 15 is 0 Å². The van der Waals surface area contributed by atoms with Crippen LogP contribution in [0.15, 0.2) is 12.1 Å². The number of benzene rings is 1. The topological polar surface area (TPSA) is 9.23 Å². The number of hydrogen-bond acceptors (Lipinski definition) is 1. The van der Waals surface area contributed by atoms with E-state index < -0.39 is 23.7 Å². The molecule has 2 saturated carbocycles. The van der Waals surface area contributed by atoms with Gasteiger partial charge in [-0.2, -0.15) is 0 Å². The molecule has 6 heteroatoms. The first kappa shape index (κ1) is 25.3. The maximum absolute atomic E-state index is 14.1. The summed E-state index contributed by atoms with van der Waals surface area (Å²) in [6, 6.07) is 2.02. The van der Waals surface area contributed by atoms with Gasteiger partial charge in [0.2, 0.25) is 5.75 Å². The quantitative estimate of drug-likeness (QED) is 0.351. The van der Waals surface area contributed by atoms with Crippen molar-refractivity contribution in [2.75, 3.05) is 0 Å². The average molecular weight is 461 g/mol. The first-order valence-corrected chi connectivity index (χ1v) is 12.4. The highest BCUT2D eigenvalue weighted by Crippen LogP contribution is 2.43. The molecule has 0 radical (unpaired) electrons. The zero-order chi connectivity index (χ0) is 23.3. The van der Waals surface area contributed by atoms with Gasteiger partial charge in [0.1, 0.15) is 0 Å². The van der Waals surface area contributed by atoms with Crippen LogP contribution in [0.5, 0.6) is 5.75 Å². The van der Waals surface area contributed by atoms with Gasteiger partial charge in [-0.05, 0) is 92.2 Å². The van der Waals surface area contributed by atoms with Gasteiger partial charge in [-0.3, -0.25) is 0 Å². The van der Waals surface area contributed by atoms with Crippen LogP contribution in [-0.2, 0) is 0 Å². The summed E-state index contributed by atoms with van der Waals surface area (Å²) in [5.74, 6) is -0.894. The van der Waals surface area contributed by atoms with Crippen molar-refractivity contribution in [3.8, 4) is 5.75 Å². The summed E-state index contributed by atoms with van der Waals surface area (Å²) in [6.45, 7) is 4.64. The largest absolute Gasteiger partial charge is 0.573 e. The van der Waals surface area contributed by atoms with Crippen LogP contribution in [0, 0.1) is 35.3 Å². The monoisotopic (exact) mass is 460 g/mol.